The first-order valence-corrected chi connectivity index (χ1v) is 9.44. The standard InChI is InChI=1S/C22H25NO7/c1-4-5-12-29-21(25)15-6-8-16(9-7-15)23-20(24)14-30-22(26)18-13-17(27-2)10-11-19(18)28-3/h6-11,13H,4-5,12,14H2,1-3H3,(H,23,24). The average molecular weight is 415 g/mol. The lowest BCUT2D eigenvalue weighted by Gasteiger charge is -2.11. The molecule has 0 saturated heterocycles. The van der Waals surface area contributed by atoms with E-state index in [1.165, 1.54) is 20.3 Å². The minimum atomic E-state index is -0.717. The van der Waals surface area contributed by atoms with Crippen LogP contribution in [0.15, 0.2) is 42.5 Å². The van der Waals surface area contributed by atoms with Gasteiger partial charge in [0.05, 0.1) is 26.4 Å². The zero-order valence-electron chi connectivity index (χ0n) is 17.2. The summed E-state index contributed by atoms with van der Waals surface area (Å²) in [6.45, 7) is 1.90. The monoisotopic (exact) mass is 415 g/mol. The first kappa shape index (κ1) is 22.7. The summed E-state index contributed by atoms with van der Waals surface area (Å²) in [7, 11) is 2.90. The van der Waals surface area contributed by atoms with E-state index >= 15 is 0 Å². The van der Waals surface area contributed by atoms with Crippen LogP contribution in [0.1, 0.15) is 40.5 Å². The van der Waals surface area contributed by atoms with Crippen LogP contribution in [-0.2, 0) is 14.3 Å². The number of hydrogen-bond acceptors (Lipinski definition) is 7. The number of ether oxygens (including phenoxy) is 4. The normalized spacial score (nSPS) is 10.1. The van der Waals surface area contributed by atoms with Crippen molar-refractivity contribution in [1.29, 1.82) is 0 Å². The number of benzene rings is 2. The number of unbranched alkanes of at least 4 members (excludes halogenated alkanes) is 1. The Balaban J connectivity index is 1.89. The molecule has 0 aliphatic heterocycles. The van der Waals surface area contributed by atoms with Crippen molar-refractivity contribution in [1.82, 2.24) is 0 Å². The summed E-state index contributed by atoms with van der Waals surface area (Å²) in [5.74, 6) is -0.889. The molecule has 2 aromatic carbocycles. The van der Waals surface area contributed by atoms with Crippen molar-refractivity contribution in [2.75, 3.05) is 32.8 Å². The lowest BCUT2D eigenvalue weighted by Crippen LogP contribution is -2.21. The number of carbonyl (C=O) groups is 3. The molecule has 8 nitrogen and oxygen atoms in total. The zero-order chi connectivity index (χ0) is 21.9. The van der Waals surface area contributed by atoms with Gasteiger partial charge in [-0.3, -0.25) is 4.79 Å². The number of methoxy groups -OCH3 is 2. The van der Waals surface area contributed by atoms with E-state index in [0.717, 1.165) is 12.8 Å². The highest BCUT2D eigenvalue weighted by molar-refractivity contribution is 5.97. The van der Waals surface area contributed by atoms with E-state index in [-0.39, 0.29) is 5.56 Å². The summed E-state index contributed by atoms with van der Waals surface area (Å²) >= 11 is 0. The Kier molecular flexibility index (Phi) is 8.68. The largest absolute Gasteiger partial charge is 0.497 e. The van der Waals surface area contributed by atoms with Crippen LogP contribution in [0.3, 0.4) is 0 Å². The Hall–Kier alpha value is -3.55. The predicted octanol–water partition coefficient (Wildman–Crippen LogP) is 3.46. The van der Waals surface area contributed by atoms with Gasteiger partial charge in [0.2, 0.25) is 0 Å². The average Bonchev–Trinajstić information content (AvgIpc) is 2.77. The van der Waals surface area contributed by atoms with Gasteiger partial charge in [-0.2, -0.15) is 0 Å². The summed E-state index contributed by atoms with van der Waals surface area (Å²) in [6.07, 6.45) is 1.74. The van der Waals surface area contributed by atoms with Gasteiger partial charge in [-0.15, -0.1) is 0 Å². The van der Waals surface area contributed by atoms with Gasteiger partial charge in [0.25, 0.3) is 5.91 Å². The predicted molar refractivity (Wildman–Crippen MR) is 110 cm³/mol. The van der Waals surface area contributed by atoms with Gasteiger partial charge in [-0.25, -0.2) is 9.59 Å². The van der Waals surface area contributed by atoms with Crippen molar-refractivity contribution in [3.63, 3.8) is 0 Å². The van der Waals surface area contributed by atoms with E-state index in [1.54, 1.807) is 36.4 Å². The molecule has 0 aliphatic carbocycles. The van der Waals surface area contributed by atoms with Crippen LogP contribution in [0.2, 0.25) is 0 Å². The second-order valence-corrected chi connectivity index (χ2v) is 6.26. The van der Waals surface area contributed by atoms with Gasteiger partial charge >= 0.3 is 11.9 Å². The summed E-state index contributed by atoms with van der Waals surface area (Å²) in [6, 6.07) is 10.9. The molecule has 2 rings (SSSR count). The smallest absolute Gasteiger partial charge is 0.342 e. The number of amides is 1. The third-order valence-electron chi connectivity index (χ3n) is 4.10. The third-order valence-corrected chi connectivity index (χ3v) is 4.10. The molecule has 0 aliphatic rings. The SMILES string of the molecule is CCCCOC(=O)c1ccc(NC(=O)COC(=O)c2cc(OC)ccc2OC)cc1. The van der Waals surface area contributed by atoms with E-state index in [4.69, 9.17) is 18.9 Å². The van der Waals surface area contributed by atoms with Crippen LogP contribution >= 0.6 is 0 Å². The Labute approximate surface area is 175 Å². The Bertz CT molecular complexity index is 878. The van der Waals surface area contributed by atoms with Crippen molar-refractivity contribution >= 4 is 23.5 Å². The third kappa shape index (κ3) is 6.51. The quantitative estimate of drug-likeness (QED) is 0.468. The molecule has 0 saturated carbocycles. The molecule has 0 heterocycles. The summed E-state index contributed by atoms with van der Waals surface area (Å²) in [5.41, 5.74) is 0.997. The van der Waals surface area contributed by atoms with Crippen LogP contribution in [0.4, 0.5) is 5.69 Å². The highest BCUT2D eigenvalue weighted by atomic mass is 16.5. The lowest BCUT2D eigenvalue weighted by atomic mass is 10.2. The van der Waals surface area contributed by atoms with Crippen molar-refractivity contribution in [2.45, 2.75) is 19.8 Å². The minimum absolute atomic E-state index is 0.149. The molecule has 30 heavy (non-hydrogen) atoms. The molecule has 0 fully saturated rings. The number of nitrogens with one attached hydrogen (secondary N) is 1. The maximum Gasteiger partial charge on any atom is 0.342 e. The van der Waals surface area contributed by atoms with Gasteiger partial charge in [-0.05, 0) is 48.9 Å². The number of hydrogen-bond donors (Lipinski definition) is 1. The number of rotatable bonds is 10. The Morgan fingerprint density at radius 2 is 1.63 bits per heavy atom. The molecule has 8 heteroatoms. The second-order valence-electron chi connectivity index (χ2n) is 6.26. The highest BCUT2D eigenvalue weighted by Crippen LogP contribution is 2.24. The lowest BCUT2D eigenvalue weighted by molar-refractivity contribution is -0.119. The Morgan fingerprint density at radius 1 is 0.900 bits per heavy atom. The molecule has 0 radical (unpaired) electrons. The fraction of sp³-hybridized carbons (Fsp3) is 0.318. The summed E-state index contributed by atoms with van der Waals surface area (Å²) in [4.78, 5) is 36.2. The molecular weight excluding hydrogens is 390 g/mol. The first-order valence-electron chi connectivity index (χ1n) is 9.44. The van der Waals surface area contributed by atoms with Crippen molar-refractivity contribution < 1.29 is 33.3 Å². The van der Waals surface area contributed by atoms with Gasteiger partial charge in [-0.1, -0.05) is 13.3 Å². The van der Waals surface area contributed by atoms with Crippen LogP contribution < -0.4 is 14.8 Å². The van der Waals surface area contributed by atoms with Gasteiger partial charge < -0.3 is 24.3 Å². The minimum Gasteiger partial charge on any atom is -0.497 e. The molecule has 2 aromatic rings. The van der Waals surface area contributed by atoms with Crippen LogP contribution in [0, 0.1) is 0 Å². The summed E-state index contributed by atoms with van der Waals surface area (Å²) in [5, 5.41) is 2.59. The van der Waals surface area contributed by atoms with Gasteiger partial charge in [0.1, 0.15) is 17.1 Å². The molecular formula is C22H25NO7. The molecule has 160 valence electrons. The van der Waals surface area contributed by atoms with Crippen molar-refractivity contribution in [3.05, 3.63) is 53.6 Å². The molecule has 1 amide bonds. The maximum absolute atomic E-state index is 12.3. The highest BCUT2D eigenvalue weighted by Gasteiger charge is 2.17. The molecule has 0 aromatic heterocycles. The van der Waals surface area contributed by atoms with Gasteiger partial charge in [0.15, 0.2) is 6.61 Å². The maximum atomic E-state index is 12.3. The van der Waals surface area contributed by atoms with E-state index in [2.05, 4.69) is 5.32 Å². The van der Waals surface area contributed by atoms with Crippen molar-refractivity contribution in [2.24, 2.45) is 0 Å². The van der Waals surface area contributed by atoms with Crippen LogP contribution in [0.5, 0.6) is 11.5 Å². The molecule has 0 unspecified atom stereocenters. The molecule has 0 bridgehead atoms. The number of anilines is 1. The fourth-order valence-corrected chi connectivity index (χ4v) is 2.46. The first-order chi connectivity index (χ1) is 14.5. The van der Waals surface area contributed by atoms with Crippen molar-refractivity contribution in [3.8, 4) is 11.5 Å². The van der Waals surface area contributed by atoms with Gasteiger partial charge in [0, 0.05) is 5.69 Å². The number of esters is 2. The topological polar surface area (TPSA) is 100 Å². The van der Waals surface area contributed by atoms with Crippen LogP contribution in [0.25, 0.3) is 0 Å². The van der Waals surface area contributed by atoms with Crippen LogP contribution in [-0.4, -0.2) is 45.3 Å². The van der Waals surface area contributed by atoms with E-state index < -0.39 is 24.5 Å². The second kappa shape index (κ2) is 11.5. The molecule has 1 N–H and O–H groups in total. The van der Waals surface area contributed by atoms with E-state index in [1.807, 2.05) is 6.92 Å². The summed E-state index contributed by atoms with van der Waals surface area (Å²) < 4.78 is 20.4. The fourth-order valence-electron chi connectivity index (χ4n) is 2.46. The molecule has 0 atom stereocenters. The van der Waals surface area contributed by atoms with E-state index in [9.17, 15) is 14.4 Å². The zero-order valence-corrected chi connectivity index (χ0v) is 17.2. The Morgan fingerprint density at radius 3 is 2.27 bits per heavy atom. The molecule has 0 spiro atoms. The number of carbonyl (C=O) groups excluding carboxylic acids is 3. The van der Waals surface area contributed by atoms with E-state index in [0.29, 0.717) is 29.4 Å².